The Morgan fingerprint density at radius 3 is 2.78 bits per heavy atom. The number of hydrogen-bond donors (Lipinski definition) is 0. The lowest BCUT2D eigenvalue weighted by atomic mass is 9.94. The second-order valence-electron chi connectivity index (χ2n) is 6.39. The van der Waals surface area contributed by atoms with Gasteiger partial charge in [-0.2, -0.15) is 4.98 Å². The molecule has 2 atom stereocenters. The average Bonchev–Trinajstić information content (AvgIpc) is 3.11. The minimum Gasteiger partial charge on any atom is -0.466 e. The average molecular weight is 317 g/mol. The molecule has 124 valence electrons. The molecule has 3 heterocycles. The van der Waals surface area contributed by atoms with E-state index in [0.717, 1.165) is 36.5 Å². The van der Waals surface area contributed by atoms with E-state index in [2.05, 4.69) is 10.1 Å². The molecule has 0 aromatic carbocycles. The Morgan fingerprint density at radius 2 is 2.17 bits per heavy atom. The molecule has 0 radical (unpaired) electrons. The van der Waals surface area contributed by atoms with Crippen molar-refractivity contribution in [1.82, 2.24) is 15.0 Å². The summed E-state index contributed by atoms with van der Waals surface area (Å²) in [7, 11) is 0. The van der Waals surface area contributed by atoms with E-state index in [9.17, 15) is 4.79 Å². The highest BCUT2D eigenvalue weighted by molar-refractivity contribution is 5.83. The molecule has 0 N–H and O–H groups in total. The van der Waals surface area contributed by atoms with Crippen LogP contribution in [0, 0.1) is 20.8 Å². The molecule has 1 aliphatic rings. The number of amides is 1. The van der Waals surface area contributed by atoms with E-state index in [-0.39, 0.29) is 17.7 Å². The lowest BCUT2D eigenvalue weighted by molar-refractivity contribution is -0.133. The van der Waals surface area contributed by atoms with Crippen molar-refractivity contribution in [1.29, 1.82) is 0 Å². The van der Waals surface area contributed by atoms with Gasteiger partial charge in [-0.15, -0.1) is 0 Å². The normalized spacial score (nSPS) is 19.8. The minimum atomic E-state index is -0.196. The van der Waals surface area contributed by atoms with Crippen LogP contribution in [0.15, 0.2) is 15.0 Å². The number of likely N-dealkylation sites (tertiary alicyclic amines) is 1. The van der Waals surface area contributed by atoms with Crippen LogP contribution in [0.25, 0.3) is 0 Å². The number of hydrogen-bond acceptors (Lipinski definition) is 5. The van der Waals surface area contributed by atoms with E-state index in [0.29, 0.717) is 18.3 Å². The van der Waals surface area contributed by atoms with Crippen molar-refractivity contribution in [3.63, 3.8) is 0 Å². The van der Waals surface area contributed by atoms with Gasteiger partial charge in [0.1, 0.15) is 11.5 Å². The fourth-order valence-electron chi connectivity index (χ4n) is 3.36. The molecule has 0 bridgehead atoms. The number of aromatic nitrogens is 2. The van der Waals surface area contributed by atoms with Gasteiger partial charge in [0.15, 0.2) is 5.82 Å². The first-order valence-electron chi connectivity index (χ1n) is 8.11. The number of rotatable bonds is 3. The predicted octanol–water partition coefficient (Wildman–Crippen LogP) is 3.10. The molecular formula is C17H23N3O3. The summed E-state index contributed by atoms with van der Waals surface area (Å²) in [5.74, 6) is 3.05. The van der Waals surface area contributed by atoms with Gasteiger partial charge in [-0.05, 0) is 39.7 Å². The van der Waals surface area contributed by atoms with Crippen molar-refractivity contribution < 1.29 is 13.7 Å². The Labute approximate surface area is 135 Å². The second kappa shape index (κ2) is 6.18. The van der Waals surface area contributed by atoms with Crippen LogP contribution in [0.4, 0.5) is 0 Å². The van der Waals surface area contributed by atoms with Crippen molar-refractivity contribution in [2.75, 3.05) is 13.1 Å². The van der Waals surface area contributed by atoms with Crippen molar-refractivity contribution in [2.24, 2.45) is 0 Å². The first-order valence-corrected chi connectivity index (χ1v) is 8.11. The summed E-state index contributed by atoms with van der Waals surface area (Å²) in [4.78, 5) is 19.1. The van der Waals surface area contributed by atoms with Crippen molar-refractivity contribution in [2.45, 2.75) is 52.4 Å². The van der Waals surface area contributed by atoms with Crippen LogP contribution in [0.2, 0.25) is 0 Å². The molecule has 6 nitrogen and oxygen atoms in total. The zero-order chi connectivity index (χ0) is 16.6. The van der Waals surface area contributed by atoms with Gasteiger partial charge in [0.25, 0.3) is 0 Å². The zero-order valence-electron chi connectivity index (χ0n) is 14.1. The van der Waals surface area contributed by atoms with Gasteiger partial charge in [-0.25, -0.2) is 0 Å². The van der Waals surface area contributed by atoms with Crippen LogP contribution in [-0.2, 0) is 4.79 Å². The fourth-order valence-corrected chi connectivity index (χ4v) is 3.36. The third kappa shape index (κ3) is 3.16. The van der Waals surface area contributed by atoms with Crippen LogP contribution in [0.1, 0.15) is 60.4 Å². The van der Waals surface area contributed by atoms with Crippen LogP contribution in [-0.4, -0.2) is 34.0 Å². The Balaban J connectivity index is 1.73. The summed E-state index contributed by atoms with van der Waals surface area (Å²) < 4.78 is 10.6. The maximum Gasteiger partial charge on any atom is 0.229 e. The Hall–Kier alpha value is -2.11. The minimum absolute atomic E-state index is 0.138. The molecule has 1 amide bonds. The first kappa shape index (κ1) is 15.8. The summed E-state index contributed by atoms with van der Waals surface area (Å²) in [6.45, 7) is 8.98. The highest BCUT2D eigenvalue weighted by Crippen LogP contribution is 2.29. The van der Waals surface area contributed by atoms with E-state index >= 15 is 0 Å². The Kier molecular flexibility index (Phi) is 4.24. The lowest BCUT2D eigenvalue weighted by Crippen LogP contribution is -2.41. The van der Waals surface area contributed by atoms with Crippen LogP contribution in [0.5, 0.6) is 0 Å². The van der Waals surface area contributed by atoms with Gasteiger partial charge >= 0.3 is 0 Å². The monoisotopic (exact) mass is 317 g/mol. The summed E-state index contributed by atoms with van der Waals surface area (Å²) in [6, 6.07) is 1.96. The molecule has 1 aliphatic heterocycles. The molecule has 1 fully saturated rings. The van der Waals surface area contributed by atoms with Gasteiger partial charge < -0.3 is 13.8 Å². The van der Waals surface area contributed by atoms with Crippen molar-refractivity contribution in [3.05, 3.63) is 34.9 Å². The lowest BCUT2D eigenvalue weighted by Gasteiger charge is -2.33. The molecule has 0 aliphatic carbocycles. The number of carbonyl (C=O) groups excluding carboxylic acids is 1. The van der Waals surface area contributed by atoms with Gasteiger partial charge in [0.2, 0.25) is 11.8 Å². The molecule has 2 aromatic heterocycles. The first-order chi connectivity index (χ1) is 11.0. The van der Waals surface area contributed by atoms with Crippen molar-refractivity contribution >= 4 is 5.91 Å². The van der Waals surface area contributed by atoms with Gasteiger partial charge in [0.05, 0.1) is 5.92 Å². The number of piperidine rings is 1. The highest BCUT2D eigenvalue weighted by atomic mass is 16.5. The molecule has 0 spiro atoms. The molecular weight excluding hydrogens is 294 g/mol. The smallest absolute Gasteiger partial charge is 0.229 e. The fraction of sp³-hybridized carbons (Fsp3) is 0.588. The van der Waals surface area contributed by atoms with Crippen LogP contribution >= 0.6 is 0 Å². The third-order valence-electron chi connectivity index (χ3n) is 4.56. The predicted molar refractivity (Wildman–Crippen MR) is 84.2 cm³/mol. The van der Waals surface area contributed by atoms with Gasteiger partial charge in [-0.1, -0.05) is 5.16 Å². The molecule has 0 saturated carbocycles. The van der Waals surface area contributed by atoms with E-state index in [1.54, 1.807) is 6.92 Å². The molecule has 6 heteroatoms. The molecule has 2 aromatic rings. The standard InChI is InChI=1S/C17H23N3O3/c1-10-8-15(12(3)22-10)11(2)17(21)20-7-5-6-14(9-20)16-18-13(4)23-19-16/h8,11,14H,5-7,9H2,1-4H3/t11-,14+/m0/s1. The zero-order valence-corrected chi connectivity index (χ0v) is 14.1. The van der Waals surface area contributed by atoms with Crippen LogP contribution < -0.4 is 0 Å². The molecule has 1 saturated heterocycles. The van der Waals surface area contributed by atoms with E-state index in [1.807, 2.05) is 31.7 Å². The molecule has 0 unspecified atom stereocenters. The topological polar surface area (TPSA) is 72.4 Å². The van der Waals surface area contributed by atoms with Crippen LogP contribution in [0.3, 0.4) is 0 Å². The maximum atomic E-state index is 12.9. The van der Waals surface area contributed by atoms with Crippen molar-refractivity contribution in [3.8, 4) is 0 Å². The van der Waals surface area contributed by atoms with E-state index in [1.165, 1.54) is 0 Å². The number of aryl methyl sites for hydroxylation is 3. The summed E-state index contributed by atoms with van der Waals surface area (Å²) >= 11 is 0. The highest BCUT2D eigenvalue weighted by Gasteiger charge is 2.31. The summed E-state index contributed by atoms with van der Waals surface area (Å²) in [5, 5.41) is 4.01. The van der Waals surface area contributed by atoms with E-state index in [4.69, 9.17) is 8.94 Å². The molecule has 3 rings (SSSR count). The second-order valence-corrected chi connectivity index (χ2v) is 6.39. The third-order valence-corrected chi connectivity index (χ3v) is 4.56. The number of carbonyl (C=O) groups is 1. The van der Waals surface area contributed by atoms with Gasteiger partial charge in [0, 0.05) is 31.5 Å². The summed E-state index contributed by atoms with van der Waals surface area (Å²) in [6.07, 6.45) is 1.95. The maximum absolute atomic E-state index is 12.9. The Morgan fingerprint density at radius 1 is 1.39 bits per heavy atom. The molecule has 23 heavy (non-hydrogen) atoms. The SMILES string of the molecule is Cc1cc([C@H](C)C(=O)N2CCC[C@@H](c3noc(C)n3)C2)c(C)o1. The number of nitrogens with zero attached hydrogens (tertiary/aromatic N) is 3. The van der Waals surface area contributed by atoms with E-state index < -0.39 is 0 Å². The quantitative estimate of drug-likeness (QED) is 0.870. The largest absolute Gasteiger partial charge is 0.466 e. The Bertz CT molecular complexity index is 704. The summed E-state index contributed by atoms with van der Waals surface area (Å²) in [5.41, 5.74) is 0.977. The number of furan rings is 1. The van der Waals surface area contributed by atoms with Gasteiger partial charge in [-0.3, -0.25) is 4.79 Å².